The Kier molecular flexibility index (Phi) is 5.77. The second-order valence-corrected chi connectivity index (χ2v) is 5.59. The average molecular weight is 305 g/mol. The lowest BCUT2D eigenvalue weighted by Gasteiger charge is -2.25. The summed E-state index contributed by atoms with van der Waals surface area (Å²) in [7, 11) is 1.70. The molecule has 0 radical (unpaired) electrons. The van der Waals surface area contributed by atoms with Crippen LogP contribution in [0.15, 0.2) is 23.4 Å². The highest BCUT2D eigenvalue weighted by Crippen LogP contribution is 2.27. The predicted octanol–water partition coefficient (Wildman–Crippen LogP) is 1.41. The highest BCUT2D eigenvalue weighted by atomic mass is 16.5. The molecule has 0 saturated heterocycles. The first-order valence-electron chi connectivity index (χ1n) is 7.49. The van der Waals surface area contributed by atoms with Gasteiger partial charge in [-0.05, 0) is 37.9 Å². The third-order valence-corrected chi connectivity index (χ3v) is 3.85. The molecule has 2 rings (SSSR count). The maximum absolute atomic E-state index is 11.4. The van der Waals surface area contributed by atoms with E-state index in [2.05, 4.69) is 21.4 Å². The molecule has 0 aliphatic carbocycles. The number of benzene rings is 1. The van der Waals surface area contributed by atoms with Crippen LogP contribution in [-0.2, 0) is 17.8 Å². The lowest BCUT2D eigenvalue weighted by Crippen LogP contribution is -2.42. The van der Waals surface area contributed by atoms with Gasteiger partial charge in [0.05, 0.1) is 7.11 Å². The molecule has 120 valence electrons. The lowest BCUT2D eigenvalue weighted by molar-refractivity contribution is -0.115. The highest BCUT2D eigenvalue weighted by molar-refractivity contribution is 6.26. The van der Waals surface area contributed by atoms with Crippen LogP contribution in [0.5, 0.6) is 5.75 Å². The summed E-state index contributed by atoms with van der Waals surface area (Å²) in [5.41, 5.74) is 2.57. The number of methoxy groups -OCH3 is 1. The lowest BCUT2D eigenvalue weighted by atomic mass is 10.0. The molecule has 1 atom stereocenters. The summed E-state index contributed by atoms with van der Waals surface area (Å²) in [5.74, 6) is 0.538. The predicted molar refractivity (Wildman–Crippen MR) is 84.5 cm³/mol. The van der Waals surface area contributed by atoms with Crippen molar-refractivity contribution < 1.29 is 14.7 Å². The van der Waals surface area contributed by atoms with Crippen molar-refractivity contribution in [1.82, 2.24) is 10.2 Å². The summed E-state index contributed by atoms with van der Waals surface area (Å²) in [6.45, 7) is 4.47. The zero-order valence-electron chi connectivity index (χ0n) is 13.1. The molecule has 6 heteroatoms. The minimum absolute atomic E-state index is 0.0262. The van der Waals surface area contributed by atoms with Gasteiger partial charge < -0.3 is 15.3 Å². The van der Waals surface area contributed by atoms with Gasteiger partial charge in [-0.25, -0.2) is 0 Å². The molecule has 0 saturated carbocycles. The van der Waals surface area contributed by atoms with Gasteiger partial charge in [-0.1, -0.05) is 17.3 Å². The van der Waals surface area contributed by atoms with Crippen molar-refractivity contribution in [3.63, 3.8) is 0 Å². The van der Waals surface area contributed by atoms with Crippen molar-refractivity contribution in [2.75, 3.05) is 20.2 Å². The van der Waals surface area contributed by atoms with Crippen molar-refractivity contribution in [2.45, 2.75) is 32.4 Å². The molecule has 1 aliphatic heterocycles. The Bertz CT molecular complexity index is 545. The molecule has 22 heavy (non-hydrogen) atoms. The summed E-state index contributed by atoms with van der Waals surface area (Å²) >= 11 is 0. The van der Waals surface area contributed by atoms with E-state index < -0.39 is 0 Å². The average Bonchev–Trinajstić information content (AvgIpc) is 2.68. The van der Waals surface area contributed by atoms with E-state index in [0.717, 1.165) is 44.4 Å². The maximum Gasteiger partial charge on any atom is 0.266 e. The topological polar surface area (TPSA) is 74.2 Å². The van der Waals surface area contributed by atoms with E-state index in [4.69, 9.17) is 9.94 Å². The molecule has 1 aromatic carbocycles. The monoisotopic (exact) mass is 305 g/mol. The normalized spacial score (nSPS) is 16.8. The number of rotatable bonds is 5. The number of nitrogens with one attached hydrogen (secondary N) is 1. The Labute approximate surface area is 130 Å². The van der Waals surface area contributed by atoms with Crippen molar-refractivity contribution in [3.8, 4) is 5.75 Å². The van der Waals surface area contributed by atoms with Crippen LogP contribution in [0, 0.1) is 0 Å². The number of fused-ring (bicyclic) bond motifs is 1. The molecule has 0 unspecified atom stereocenters. The first-order valence-corrected chi connectivity index (χ1v) is 7.49. The van der Waals surface area contributed by atoms with Gasteiger partial charge in [-0.2, -0.15) is 0 Å². The summed E-state index contributed by atoms with van der Waals surface area (Å²) in [6.07, 6.45) is 3.00. The van der Waals surface area contributed by atoms with Crippen LogP contribution in [0.4, 0.5) is 0 Å². The molecule has 0 aromatic heterocycles. The zero-order chi connectivity index (χ0) is 15.9. The highest BCUT2D eigenvalue weighted by Gasteiger charge is 2.19. The van der Waals surface area contributed by atoms with E-state index in [1.54, 1.807) is 7.11 Å². The number of aryl methyl sites for hydroxylation is 1. The summed E-state index contributed by atoms with van der Waals surface area (Å²) in [6, 6.07) is 6.15. The number of hydrogen-bond donors (Lipinski definition) is 2. The number of oxime groups is 1. The molecule has 0 spiro atoms. The third-order valence-electron chi connectivity index (χ3n) is 3.85. The number of ether oxygens (including phenoxy) is 1. The van der Waals surface area contributed by atoms with E-state index >= 15 is 0 Å². The molecule has 1 heterocycles. The summed E-state index contributed by atoms with van der Waals surface area (Å²) in [5, 5.41) is 13.9. The van der Waals surface area contributed by atoms with Crippen LogP contribution in [0.2, 0.25) is 0 Å². The number of hydrogen-bond acceptors (Lipinski definition) is 5. The van der Waals surface area contributed by atoms with Gasteiger partial charge in [0, 0.05) is 24.7 Å². The first kappa shape index (κ1) is 16.3. The summed E-state index contributed by atoms with van der Waals surface area (Å²) < 4.78 is 5.48. The van der Waals surface area contributed by atoms with E-state index in [1.165, 1.54) is 11.1 Å². The second kappa shape index (κ2) is 7.79. The number of carbonyl (C=O) groups excluding carboxylic acids is 1. The smallest absolute Gasteiger partial charge is 0.266 e. The van der Waals surface area contributed by atoms with Crippen molar-refractivity contribution >= 4 is 12.1 Å². The number of carbonyl (C=O) groups is 1. The largest absolute Gasteiger partial charge is 0.496 e. The van der Waals surface area contributed by atoms with Gasteiger partial charge in [0.1, 0.15) is 12.0 Å². The van der Waals surface area contributed by atoms with E-state index in [0.29, 0.717) is 0 Å². The van der Waals surface area contributed by atoms with E-state index in [1.807, 2.05) is 19.1 Å². The molecule has 1 aliphatic rings. The number of amides is 1. The van der Waals surface area contributed by atoms with Gasteiger partial charge in [0.15, 0.2) is 0 Å². The van der Waals surface area contributed by atoms with Gasteiger partial charge >= 0.3 is 0 Å². The third kappa shape index (κ3) is 4.21. The van der Waals surface area contributed by atoms with Gasteiger partial charge in [-0.3, -0.25) is 9.69 Å². The van der Waals surface area contributed by atoms with Crippen LogP contribution in [-0.4, -0.2) is 48.5 Å². The van der Waals surface area contributed by atoms with E-state index in [9.17, 15) is 4.79 Å². The molecule has 2 N–H and O–H groups in total. The Morgan fingerprint density at radius 3 is 3.14 bits per heavy atom. The fourth-order valence-corrected chi connectivity index (χ4v) is 2.93. The minimum atomic E-state index is -0.386. The van der Waals surface area contributed by atoms with Crippen LogP contribution < -0.4 is 10.1 Å². The van der Waals surface area contributed by atoms with Crippen LogP contribution in [0.1, 0.15) is 24.5 Å². The van der Waals surface area contributed by atoms with Crippen molar-refractivity contribution in [3.05, 3.63) is 29.3 Å². The minimum Gasteiger partial charge on any atom is -0.496 e. The van der Waals surface area contributed by atoms with Crippen LogP contribution >= 0.6 is 0 Å². The van der Waals surface area contributed by atoms with Crippen LogP contribution in [0.25, 0.3) is 0 Å². The molecule has 0 fully saturated rings. The molecule has 1 amide bonds. The van der Waals surface area contributed by atoms with Gasteiger partial charge in [0.2, 0.25) is 0 Å². The zero-order valence-corrected chi connectivity index (χ0v) is 13.1. The fraction of sp³-hybridized carbons (Fsp3) is 0.500. The van der Waals surface area contributed by atoms with E-state index in [-0.39, 0.29) is 11.9 Å². The summed E-state index contributed by atoms with van der Waals surface area (Å²) in [4.78, 5) is 13.7. The maximum atomic E-state index is 11.4. The van der Waals surface area contributed by atoms with Crippen LogP contribution in [0.3, 0.4) is 0 Å². The van der Waals surface area contributed by atoms with Gasteiger partial charge in [0.25, 0.3) is 5.91 Å². The Balaban J connectivity index is 2.02. The Morgan fingerprint density at radius 2 is 2.41 bits per heavy atom. The standard InChI is InChI=1S/C16H23N3O3/c1-12(18-16(20)9-17-21)10-19-8-4-6-13-5-3-7-15(22-2)14(13)11-19/h3,5,7,9,12,21H,4,6,8,10-11H2,1-2H3,(H,18,20)/b17-9-/t12-/m0/s1. The molecule has 0 bridgehead atoms. The first-order chi connectivity index (χ1) is 10.6. The Morgan fingerprint density at radius 1 is 1.59 bits per heavy atom. The number of nitrogens with zero attached hydrogens (tertiary/aromatic N) is 2. The fourth-order valence-electron chi connectivity index (χ4n) is 2.93. The van der Waals surface area contributed by atoms with Crippen molar-refractivity contribution in [2.24, 2.45) is 5.16 Å². The molecule has 1 aromatic rings. The Hall–Kier alpha value is -2.08. The second-order valence-electron chi connectivity index (χ2n) is 5.59. The molecular formula is C16H23N3O3. The molecule has 6 nitrogen and oxygen atoms in total. The molecular weight excluding hydrogens is 282 g/mol. The van der Waals surface area contributed by atoms with Gasteiger partial charge in [-0.15, -0.1) is 0 Å². The van der Waals surface area contributed by atoms with Crippen molar-refractivity contribution in [1.29, 1.82) is 0 Å². The SMILES string of the molecule is COc1cccc2c1CN(C[C@H](C)NC(=O)/C=N\O)CCC2. The quantitative estimate of drug-likeness (QED) is 0.490.